The van der Waals surface area contributed by atoms with Crippen molar-refractivity contribution in [3.05, 3.63) is 18.3 Å². The van der Waals surface area contributed by atoms with Crippen molar-refractivity contribution in [1.82, 2.24) is 10.2 Å². The fourth-order valence-electron chi connectivity index (χ4n) is 4.38. The van der Waals surface area contributed by atoms with Crippen LogP contribution in [0.15, 0.2) is 18.3 Å². The van der Waals surface area contributed by atoms with Gasteiger partial charge in [0.2, 0.25) is 5.88 Å². The summed E-state index contributed by atoms with van der Waals surface area (Å²) >= 11 is 0. The summed E-state index contributed by atoms with van der Waals surface area (Å²) in [5.41, 5.74) is 0. The van der Waals surface area contributed by atoms with Gasteiger partial charge in [-0.2, -0.15) is 5.10 Å². The SMILES string of the molecule is CCCCCCCCCCCCCCCCCCOCC(COCCOCC[N+](C)(C)C)Oc1cccnn1.[Cl-]. The van der Waals surface area contributed by atoms with Crippen LogP contribution in [-0.4, -0.2) is 88.1 Å². The average Bonchev–Trinajstić information content (AvgIpc) is 2.91. The normalized spacial score (nSPS) is 12.3. The largest absolute Gasteiger partial charge is 1.00 e. The lowest BCUT2D eigenvalue weighted by molar-refractivity contribution is -0.870. The van der Waals surface area contributed by atoms with Gasteiger partial charge in [0.05, 0.1) is 54.2 Å². The molecule has 0 aliphatic rings. The van der Waals surface area contributed by atoms with Crippen molar-refractivity contribution in [2.45, 2.75) is 116 Å². The lowest BCUT2D eigenvalue weighted by Crippen LogP contribution is -3.00. The Kier molecular flexibility index (Phi) is 27.4. The third kappa shape index (κ3) is 27.2. The number of hydrogen-bond acceptors (Lipinski definition) is 6. The molecule has 0 radical (unpaired) electrons. The smallest absolute Gasteiger partial charge is 0.233 e. The van der Waals surface area contributed by atoms with Crippen molar-refractivity contribution in [2.75, 3.05) is 67.3 Å². The Hall–Kier alpha value is -0.990. The fourth-order valence-corrected chi connectivity index (χ4v) is 4.38. The van der Waals surface area contributed by atoms with Gasteiger partial charge in [-0.3, -0.25) is 0 Å². The maximum Gasteiger partial charge on any atom is 0.233 e. The van der Waals surface area contributed by atoms with Crippen LogP contribution < -0.4 is 17.1 Å². The Balaban J connectivity index is 0.0000152. The highest BCUT2D eigenvalue weighted by atomic mass is 35.5. The molecule has 0 bridgehead atoms. The molecule has 1 aromatic rings. The van der Waals surface area contributed by atoms with E-state index in [1.54, 1.807) is 6.20 Å². The molecule has 1 aromatic heterocycles. The zero-order valence-corrected chi connectivity index (χ0v) is 27.2. The van der Waals surface area contributed by atoms with Crippen LogP contribution >= 0.6 is 0 Å². The third-order valence-corrected chi connectivity index (χ3v) is 6.86. The molecule has 0 spiro atoms. The topological polar surface area (TPSA) is 62.7 Å². The van der Waals surface area contributed by atoms with E-state index in [0.717, 1.165) is 30.7 Å². The summed E-state index contributed by atoms with van der Waals surface area (Å²) in [6, 6.07) is 3.63. The summed E-state index contributed by atoms with van der Waals surface area (Å²) in [6.07, 6.45) is 23.4. The van der Waals surface area contributed by atoms with E-state index in [-0.39, 0.29) is 18.5 Å². The van der Waals surface area contributed by atoms with E-state index in [0.29, 0.717) is 32.3 Å². The Labute approximate surface area is 253 Å². The molecule has 0 aromatic carbocycles. The molecule has 1 heterocycles. The monoisotopic (exact) mass is 587 g/mol. The number of aromatic nitrogens is 2. The number of halogens is 1. The van der Waals surface area contributed by atoms with Crippen LogP contribution in [0.2, 0.25) is 0 Å². The van der Waals surface area contributed by atoms with Crippen LogP contribution in [0.25, 0.3) is 0 Å². The van der Waals surface area contributed by atoms with Gasteiger partial charge in [0, 0.05) is 18.9 Å². The molecule has 1 rings (SSSR count). The van der Waals surface area contributed by atoms with Gasteiger partial charge in [-0.15, -0.1) is 5.10 Å². The summed E-state index contributed by atoms with van der Waals surface area (Å²) < 4.78 is 24.3. The highest BCUT2D eigenvalue weighted by Gasteiger charge is 2.13. The summed E-state index contributed by atoms with van der Waals surface area (Å²) in [6.45, 7) is 6.80. The molecule has 8 heteroatoms. The Morgan fingerprint density at radius 1 is 0.650 bits per heavy atom. The first-order valence-electron chi connectivity index (χ1n) is 16.0. The Morgan fingerprint density at radius 3 is 1.65 bits per heavy atom. The second-order valence-electron chi connectivity index (χ2n) is 11.9. The molecule has 0 saturated heterocycles. The highest BCUT2D eigenvalue weighted by molar-refractivity contribution is 5.05. The van der Waals surface area contributed by atoms with E-state index in [4.69, 9.17) is 18.9 Å². The molecule has 1 atom stereocenters. The lowest BCUT2D eigenvalue weighted by Gasteiger charge is -2.23. The molecule has 1 unspecified atom stereocenters. The molecule has 7 nitrogen and oxygen atoms in total. The quantitative estimate of drug-likeness (QED) is 0.103. The van der Waals surface area contributed by atoms with Gasteiger partial charge in [0.1, 0.15) is 12.6 Å². The summed E-state index contributed by atoms with van der Waals surface area (Å²) in [7, 11) is 6.48. The van der Waals surface area contributed by atoms with Gasteiger partial charge >= 0.3 is 0 Å². The van der Waals surface area contributed by atoms with Gasteiger partial charge in [-0.05, 0) is 12.5 Å². The first-order valence-corrected chi connectivity index (χ1v) is 16.0. The van der Waals surface area contributed by atoms with Crippen molar-refractivity contribution in [3.63, 3.8) is 0 Å². The van der Waals surface area contributed by atoms with Crippen LogP contribution in [0.5, 0.6) is 5.88 Å². The Bertz CT molecular complexity index is 634. The molecular formula is C32H62ClN3O4. The number of ether oxygens (including phenoxy) is 4. The fraction of sp³-hybridized carbons (Fsp3) is 0.875. The number of likely N-dealkylation sites (N-methyl/N-ethyl adjacent to an activating group) is 1. The second kappa shape index (κ2) is 28.1. The molecule has 40 heavy (non-hydrogen) atoms. The van der Waals surface area contributed by atoms with E-state index < -0.39 is 0 Å². The van der Waals surface area contributed by atoms with Crippen LogP contribution in [0, 0.1) is 0 Å². The predicted molar refractivity (Wildman–Crippen MR) is 161 cm³/mol. The van der Waals surface area contributed by atoms with E-state index in [1.807, 2.05) is 12.1 Å². The van der Waals surface area contributed by atoms with Gasteiger partial charge in [-0.1, -0.05) is 103 Å². The van der Waals surface area contributed by atoms with E-state index in [9.17, 15) is 0 Å². The third-order valence-electron chi connectivity index (χ3n) is 6.86. The zero-order valence-electron chi connectivity index (χ0n) is 26.4. The van der Waals surface area contributed by atoms with Gasteiger partial charge in [0.15, 0.2) is 0 Å². The predicted octanol–water partition coefficient (Wildman–Crippen LogP) is 4.25. The molecule has 0 saturated carbocycles. The molecule has 0 aliphatic carbocycles. The molecule has 0 aliphatic heterocycles. The second-order valence-corrected chi connectivity index (χ2v) is 11.9. The van der Waals surface area contributed by atoms with Gasteiger partial charge in [-0.25, -0.2) is 0 Å². The standard InChI is InChI=1S/C32H62N3O4.ClH/c1-5-6-7-8-9-10-11-12-13-14-15-16-17-18-19-20-25-37-29-31(39-32-22-21-23-33-34-32)30-38-28-27-36-26-24-35(2,3)4;/h21-23,31H,5-20,24-30H2,1-4H3;1H/q+1;/p-1. The molecule has 236 valence electrons. The number of rotatable bonds is 29. The average molecular weight is 588 g/mol. The molecular weight excluding hydrogens is 526 g/mol. The molecule has 0 N–H and O–H groups in total. The number of quaternary nitrogens is 1. The van der Waals surface area contributed by atoms with Crippen molar-refractivity contribution in [1.29, 1.82) is 0 Å². The summed E-state index contributed by atoms with van der Waals surface area (Å²) in [4.78, 5) is 0. The minimum absolute atomic E-state index is 0. The van der Waals surface area contributed by atoms with Crippen molar-refractivity contribution in [3.8, 4) is 5.88 Å². The van der Waals surface area contributed by atoms with E-state index >= 15 is 0 Å². The molecule has 0 amide bonds. The van der Waals surface area contributed by atoms with Crippen molar-refractivity contribution < 1.29 is 35.8 Å². The first kappa shape index (κ1) is 39.0. The van der Waals surface area contributed by atoms with Crippen LogP contribution in [0.3, 0.4) is 0 Å². The molecule has 0 fully saturated rings. The van der Waals surface area contributed by atoms with E-state index in [2.05, 4.69) is 38.3 Å². The van der Waals surface area contributed by atoms with E-state index in [1.165, 1.54) is 96.3 Å². The van der Waals surface area contributed by atoms with Gasteiger partial charge in [0.25, 0.3) is 0 Å². The highest BCUT2D eigenvalue weighted by Crippen LogP contribution is 2.14. The lowest BCUT2D eigenvalue weighted by atomic mass is 10.0. The van der Waals surface area contributed by atoms with Crippen molar-refractivity contribution >= 4 is 0 Å². The van der Waals surface area contributed by atoms with Crippen LogP contribution in [-0.2, 0) is 14.2 Å². The maximum absolute atomic E-state index is 5.95. The Morgan fingerprint density at radius 2 is 1.15 bits per heavy atom. The summed E-state index contributed by atoms with van der Waals surface area (Å²) in [5, 5.41) is 7.92. The minimum atomic E-state index is -0.214. The summed E-state index contributed by atoms with van der Waals surface area (Å²) in [5.74, 6) is 0.497. The van der Waals surface area contributed by atoms with Crippen LogP contribution in [0.1, 0.15) is 110 Å². The number of nitrogens with zero attached hydrogens (tertiary/aromatic N) is 3. The number of unbranched alkanes of at least 4 members (excludes halogenated alkanes) is 15. The van der Waals surface area contributed by atoms with Crippen LogP contribution in [0.4, 0.5) is 0 Å². The zero-order chi connectivity index (χ0) is 28.3. The maximum atomic E-state index is 5.95. The van der Waals surface area contributed by atoms with Gasteiger partial charge < -0.3 is 35.8 Å². The minimum Gasteiger partial charge on any atom is -1.00 e. The first-order chi connectivity index (χ1) is 19.0. The number of hydrogen-bond donors (Lipinski definition) is 0. The van der Waals surface area contributed by atoms with Crippen molar-refractivity contribution in [2.24, 2.45) is 0 Å².